The van der Waals surface area contributed by atoms with Crippen molar-refractivity contribution in [2.45, 2.75) is 49.9 Å². The van der Waals surface area contributed by atoms with Crippen LogP contribution >= 0.6 is 0 Å². The lowest BCUT2D eigenvalue weighted by Crippen LogP contribution is -2.44. The molecule has 1 aromatic carbocycles. The Morgan fingerprint density at radius 2 is 2.11 bits per heavy atom. The van der Waals surface area contributed by atoms with E-state index < -0.39 is 17.3 Å². The summed E-state index contributed by atoms with van der Waals surface area (Å²) in [6, 6.07) is 5.01. The zero-order valence-corrected chi connectivity index (χ0v) is 14.5. The number of amides is 1. The number of carbonyl (C=O) groups is 1. The van der Waals surface area contributed by atoms with Crippen molar-refractivity contribution in [3.63, 3.8) is 0 Å². The van der Waals surface area contributed by atoms with Crippen LogP contribution in [0.5, 0.6) is 0 Å². The Hall–Kier alpha value is -2.42. The molecule has 2 heterocycles. The van der Waals surface area contributed by atoms with Gasteiger partial charge in [0, 0.05) is 19.5 Å². The van der Waals surface area contributed by atoms with E-state index in [9.17, 15) is 18.0 Å². The van der Waals surface area contributed by atoms with Crippen molar-refractivity contribution < 1.29 is 22.5 Å². The fraction of sp³-hybridized carbons (Fsp3) is 0.500. The van der Waals surface area contributed by atoms with Crippen LogP contribution in [-0.2, 0) is 23.1 Å². The van der Waals surface area contributed by atoms with Crippen molar-refractivity contribution in [3.8, 4) is 0 Å². The maximum atomic E-state index is 12.9. The Morgan fingerprint density at radius 3 is 2.78 bits per heavy atom. The molecule has 1 amide bonds. The topological polar surface area (TPSA) is 85.2 Å². The standard InChI is InChI=1S/C18H19F3N4O2/c19-18(20,21)13-4-1-3-11(7-13)9-25-10-12(8-14(25)26)15-23-16(24-27-15)17(22)5-2-6-17/h1,3-4,7,12H,2,5-6,8-10,22H2. The number of carbonyl (C=O) groups excluding carboxylic acids is 1. The lowest BCUT2D eigenvalue weighted by Gasteiger charge is -2.34. The van der Waals surface area contributed by atoms with Crippen LogP contribution in [0.4, 0.5) is 13.2 Å². The highest BCUT2D eigenvalue weighted by Gasteiger charge is 2.41. The smallest absolute Gasteiger partial charge is 0.339 e. The Morgan fingerprint density at radius 1 is 1.33 bits per heavy atom. The first kappa shape index (κ1) is 18.0. The van der Waals surface area contributed by atoms with Gasteiger partial charge in [-0.1, -0.05) is 17.3 Å². The van der Waals surface area contributed by atoms with Gasteiger partial charge >= 0.3 is 6.18 Å². The van der Waals surface area contributed by atoms with Crippen LogP contribution in [0.15, 0.2) is 28.8 Å². The van der Waals surface area contributed by atoms with Crippen LogP contribution in [0.25, 0.3) is 0 Å². The summed E-state index contributed by atoms with van der Waals surface area (Å²) in [4.78, 5) is 18.2. The summed E-state index contributed by atoms with van der Waals surface area (Å²) < 4.78 is 43.9. The van der Waals surface area contributed by atoms with E-state index in [-0.39, 0.29) is 24.8 Å². The number of rotatable bonds is 4. The normalized spacial score (nSPS) is 22.1. The Balaban J connectivity index is 1.45. The molecule has 1 aliphatic carbocycles. The van der Waals surface area contributed by atoms with Gasteiger partial charge in [-0.3, -0.25) is 4.79 Å². The molecule has 1 saturated heterocycles. The number of nitrogens with two attached hydrogens (primary N) is 1. The molecule has 27 heavy (non-hydrogen) atoms. The first-order valence-electron chi connectivity index (χ1n) is 8.81. The van der Waals surface area contributed by atoms with E-state index in [1.165, 1.54) is 11.0 Å². The van der Waals surface area contributed by atoms with Crippen LogP contribution in [0.2, 0.25) is 0 Å². The third-order valence-electron chi connectivity index (χ3n) is 5.32. The second-order valence-electron chi connectivity index (χ2n) is 7.34. The van der Waals surface area contributed by atoms with Gasteiger partial charge in [-0.2, -0.15) is 18.2 Å². The first-order chi connectivity index (χ1) is 12.7. The van der Waals surface area contributed by atoms with E-state index in [1.807, 2.05) is 0 Å². The molecule has 2 aliphatic rings. The number of alkyl halides is 3. The van der Waals surface area contributed by atoms with E-state index in [4.69, 9.17) is 10.3 Å². The van der Waals surface area contributed by atoms with E-state index in [2.05, 4.69) is 10.1 Å². The highest BCUT2D eigenvalue weighted by molar-refractivity contribution is 5.79. The zero-order chi connectivity index (χ0) is 19.2. The van der Waals surface area contributed by atoms with Gasteiger partial charge in [-0.25, -0.2) is 0 Å². The molecule has 0 bridgehead atoms. The van der Waals surface area contributed by atoms with Crippen LogP contribution in [0, 0.1) is 0 Å². The molecule has 0 spiro atoms. The Kier molecular flexibility index (Phi) is 4.21. The van der Waals surface area contributed by atoms with Crippen molar-refractivity contribution in [2.75, 3.05) is 6.54 Å². The lowest BCUT2D eigenvalue weighted by atomic mass is 9.77. The summed E-state index contributed by atoms with van der Waals surface area (Å²) in [6.45, 7) is 0.440. The molecule has 1 unspecified atom stereocenters. The Bertz CT molecular complexity index is 860. The molecule has 0 radical (unpaired) electrons. The summed E-state index contributed by atoms with van der Waals surface area (Å²) >= 11 is 0. The minimum atomic E-state index is -4.41. The van der Waals surface area contributed by atoms with Gasteiger partial charge in [-0.15, -0.1) is 0 Å². The summed E-state index contributed by atoms with van der Waals surface area (Å²) in [5.74, 6) is 0.408. The van der Waals surface area contributed by atoms with Crippen LogP contribution < -0.4 is 5.73 Å². The van der Waals surface area contributed by atoms with Gasteiger partial charge in [0.15, 0.2) is 5.82 Å². The molecule has 9 heteroatoms. The van der Waals surface area contributed by atoms with Crippen molar-refractivity contribution in [1.29, 1.82) is 0 Å². The van der Waals surface area contributed by atoms with E-state index in [0.29, 0.717) is 23.8 Å². The molecule has 1 saturated carbocycles. The second-order valence-corrected chi connectivity index (χ2v) is 7.34. The number of nitrogens with zero attached hydrogens (tertiary/aromatic N) is 3. The fourth-order valence-corrected chi connectivity index (χ4v) is 3.54. The minimum absolute atomic E-state index is 0.112. The number of likely N-dealkylation sites (tertiary alicyclic amines) is 1. The third kappa shape index (κ3) is 3.43. The molecule has 2 fully saturated rings. The predicted octanol–water partition coefficient (Wildman–Crippen LogP) is 2.94. The molecule has 4 rings (SSSR count). The molecular formula is C18H19F3N4O2. The summed E-state index contributed by atoms with van der Waals surface area (Å²) in [5, 5.41) is 3.96. The lowest BCUT2D eigenvalue weighted by molar-refractivity contribution is -0.137. The minimum Gasteiger partial charge on any atom is -0.339 e. The fourth-order valence-electron chi connectivity index (χ4n) is 3.54. The maximum absolute atomic E-state index is 12.9. The molecule has 2 N–H and O–H groups in total. The highest BCUT2D eigenvalue weighted by atomic mass is 19.4. The quantitative estimate of drug-likeness (QED) is 0.882. The third-order valence-corrected chi connectivity index (χ3v) is 5.32. The molecular weight excluding hydrogens is 361 g/mol. The number of hydrogen-bond acceptors (Lipinski definition) is 5. The molecule has 144 valence electrons. The van der Waals surface area contributed by atoms with Gasteiger partial charge in [0.05, 0.1) is 17.0 Å². The first-order valence-corrected chi connectivity index (χ1v) is 8.81. The molecule has 2 aromatic rings. The summed E-state index contributed by atoms with van der Waals surface area (Å²) in [7, 11) is 0. The maximum Gasteiger partial charge on any atom is 0.416 e. The van der Waals surface area contributed by atoms with E-state index in [0.717, 1.165) is 31.4 Å². The second kappa shape index (κ2) is 6.33. The number of hydrogen-bond donors (Lipinski definition) is 1. The van der Waals surface area contributed by atoms with Gasteiger partial charge in [0.1, 0.15) is 0 Å². The zero-order valence-electron chi connectivity index (χ0n) is 14.5. The van der Waals surface area contributed by atoms with Crippen molar-refractivity contribution in [3.05, 3.63) is 47.1 Å². The van der Waals surface area contributed by atoms with Crippen LogP contribution in [0.3, 0.4) is 0 Å². The largest absolute Gasteiger partial charge is 0.416 e. The summed E-state index contributed by atoms with van der Waals surface area (Å²) in [6.07, 6.45) is -1.59. The number of benzene rings is 1. The average molecular weight is 380 g/mol. The number of aromatic nitrogens is 2. The summed E-state index contributed by atoms with van der Waals surface area (Å²) in [5.41, 5.74) is 5.36. The van der Waals surface area contributed by atoms with E-state index >= 15 is 0 Å². The van der Waals surface area contributed by atoms with Gasteiger partial charge < -0.3 is 15.2 Å². The SMILES string of the molecule is NC1(c2noc(C3CC(=O)N(Cc4cccc(C(F)(F)F)c4)C3)n2)CCC1. The van der Waals surface area contributed by atoms with Crippen LogP contribution in [0.1, 0.15) is 54.4 Å². The molecule has 1 aromatic heterocycles. The predicted molar refractivity (Wildman–Crippen MR) is 88.2 cm³/mol. The van der Waals surface area contributed by atoms with Crippen molar-refractivity contribution in [1.82, 2.24) is 15.0 Å². The monoisotopic (exact) mass is 380 g/mol. The van der Waals surface area contributed by atoms with Crippen molar-refractivity contribution in [2.24, 2.45) is 5.73 Å². The highest BCUT2D eigenvalue weighted by Crippen LogP contribution is 2.38. The molecule has 1 atom stereocenters. The van der Waals surface area contributed by atoms with Crippen LogP contribution in [-0.4, -0.2) is 27.5 Å². The number of halogens is 3. The van der Waals surface area contributed by atoms with Gasteiger partial charge in [-0.05, 0) is 37.0 Å². The Labute approximate surface area is 153 Å². The molecule has 6 nitrogen and oxygen atoms in total. The van der Waals surface area contributed by atoms with E-state index in [1.54, 1.807) is 6.07 Å². The average Bonchev–Trinajstić information content (AvgIpc) is 3.20. The van der Waals surface area contributed by atoms with Crippen molar-refractivity contribution >= 4 is 5.91 Å². The molecule has 1 aliphatic heterocycles. The van der Waals surface area contributed by atoms with Gasteiger partial charge in [0.25, 0.3) is 0 Å². The van der Waals surface area contributed by atoms with Gasteiger partial charge in [0.2, 0.25) is 11.8 Å².